The summed E-state index contributed by atoms with van der Waals surface area (Å²) in [4.78, 5) is 15.4. The molecule has 0 radical (unpaired) electrons. The maximum Gasteiger partial charge on any atom is 0.255 e. The fourth-order valence-corrected chi connectivity index (χ4v) is 4.96. The van der Waals surface area contributed by atoms with Crippen molar-refractivity contribution < 1.29 is 4.79 Å². The van der Waals surface area contributed by atoms with E-state index in [1.807, 2.05) is 6.07 Å². The minimum Gasteiger partial charge on any atom is -0.333 e. The number of carbonyl (C=O) groups excluding carboxylic acids is 1. The lowest BCUT2D eigenvalue weighted by molar-refractivity contribution is 0.0602. The molecule has 2 fully saturated rings. The normalized spacial score (nSPS) is 29.6. The van der Waals surface area contributed by atoms with Crippen molar-refractivity contribution in [3.05, 3.63) is 33.3 Å². The molecule has 5 heteroatoms. The molecule has 2 atom stereocenters. The maximum absolute atomic E-state index is 12.7. The van der Waals surface area contributed by atoms with Crippen molar-refractivity contribution in [1.82, 2.24) is 4.90 Å². The zero-order valence-corrected chi connectivity index (χ0v) is 14.2. The first-order valence-corrected chi connectivity index (χ1v) is 8.56. The van der Waals surface area contributed by atoms with Gasteiger partial charge >= 0.3 is 0 Å². The van der Waals surface area contributed by atoms with Crippen LogP contribution >= 0.6 is 43.5 Å². The van der Waals surface area contributed by atoms with Gasteiger partial charge < -0.3 is 4.90 Å². The zero-order chi connectivity index (χ0) is 13.6. The molecule has 19 heavy (non-hydrogen) atoms. The van der Waals surface area contributed by atoms with E-state index >= 15 is 0 Å². The van der Waals surface area contributed by atoms with Crippen molar-refractivity contribution >= 4 is 49.4 Å². The second-order valence-electron chi connectivity index (χ2n) is 5.29. The first kappa shape index (κ1) is 13.9. The molecule has 3 rings (SSSR count). The molecule has 1 aromatic carbocycles. The van der Waals surface area contributed by atoms with Gasteiger partial charge in [0.1, 0.15) is 0 Å². The smallest absolute Gasteiger partial charge is 0.255 e. The molecule has 0 spiro atoms. The Morgan fingerprint density at radius 3 is 2.47 bits per heavy atom. The molecular formula is C14H14Br2ClNO. The van der Waals surface area contributed by atoms with Crippen LogP contribution in [0.2, 0.25) is 5.02 Å². The third-order valence-electron chi connectivity index (χ3n) is 4.07. The highest BCUT2D eigenvalue weighted by Gasteiger charge is 2.42. The number of hydrogen-bond acceptors (Lipinski definition) is 1. The number of piperidine rings is 1. The van der Waals surface area contributed by atoms with E-state index in [1.165, 1.54) is 0 Å². The van der Waals surface area contributed by atoms with Crippen LogP contribution in [0.4, 0.5) is 0 Å². The average Bonchev–Trinajstić information content (AvgIpc) is 2.61. The quantitative estimate of drug-likeness (QED) is 0.622. The number of benzene rings is 1. The summed E-state index contributed by atoms with van der Waals surface area (Å²) in [6.45, 7) is 0. The van der Waals surface area contributed by atoms with Gasteiger partial charge in [0, 0.05) is 26.4 Å². The van der Waals surface area contributed by atoms with Crippen LogP contribution in [-0.2, 0) is 0 Å². The van der Waals surface area contributed by atoms with Crippen molar-refractivity contribution in [3.8, 4) is 0 Å². The van der Waals surface area contributed by atoms with Crippen molar-refractivity contribution in [1.29, 1.82) is 0 Å². The number of fused-ring (bicyclic) bond motifs is 2. The van der Waals surface area contributed by atoms with Gasteiger partial charge in [0.25, 0.3) is 5.91 Å². The summed E-state index contributed by atoms with van der Waals surface area (Å²) in [6, 6.07) is 6.15. The lowest BCUT2D eigenvalue weighted by atomic mass is 10.0. The van der Waals surface area contributed by atoms with E-state index in [2.05, 4.69) is 36.8 Å². The summed E-state index contributed by atoms with van der Waals surface area (Å²) in [5, 5.41) is 0.644. The van der Waals surface area contributed by atoms with E-state index in [1.54, 1.807) is 12.1 Å². The average molecular weight is 408 g/mol. The van der Waals surface area contributed by atoms with Gasteiger partial charge in [-0.05, 0) is 59.8 Å². The lowest BCUT2D eigenvalue weighted by Crippen LogP contribution is -2.46. The van der Waals surface area contributed by atoms with Crippen LogP contribution in [0.1, 0.15) is 36.0 Å². The standard InChI is InChI=1S/C14H14Br2ClNO/c15-8-5-10-2-3-11(6-8)18(10)14(19)12-4-1-9(17)7-13(12)16/h1,4,7-8,10-11H,2-3,5-6H2. The number of carbonyl (C=O) groups is 1. The Morgan fingerprint density at radius 1 is 1.26 bits per heavy atom. The third kappa shape index (κ3) is 2.59. The van der Waals surface area contributed by atoms with Crippen LogP contribution in [0, 0.1) is 0 Å². The van der Waals surface area contributed by atoms with E-state index in [4.69, 9.17) is 11.6 Å². The number of rotatable bonds is 1. The van der Waals surface area contributed by atoms with Crippen molar-refractivity contribution in [2.45, 2.75) is 42.6 Å². The summed E-state index contributed by atoms with van der Waals surface area (Å²) < 4.78 is 0.783. The van der Waals surface area contributed by atoms with E-state index in [0.717, 1.165) is 30.2 Å². The Labute approximate surface area is 134 Å². The predicted molar refractivity (Wildman–Crippen MR) is 84.1 cm³/mol. The van der Waals surface area contributed by atoms with E-state index in [9.17, 15) is 4.79 Å². The molecule has 1 aromatic rings. The summed E-state index contributed by atoms with van der Waals surface area (Å²) >= 11 is 13.1. The minimum absolute atomic E-state index is 0.135. The molecule has 0 aliphatic carbocycles. The Kier molecular flexibility index (Phi) is 3.93. The van der Waals surface area contributed by atoms with Gasteiger partial charge in [-0.15, -0.1) is 0 Å². The van der Waals surface area contributed by atoms with Crippen LogP contribution in [0.25, 0.3) is 0 Å². The highest BCUT2D eigenvalue weighted by molar-refractivity contribution is 9.10. The molecule has 2 nitrogen and oxygen atoms in total. The van der Waals surface area contributed by atoms with Gasteiger partial charge in [0.15, 0.2) is 0 Å². The van der Waals surface area contributed by atoms with E-state index in [0.29, 0.717) is 27.5 Å². The summed E-state index contributed by atoms with van der Waals surface area (Å²) in [6.07, 6.45) is 4.38. The second-order valence-corrected chi connectivity index (χ2v) is 7.88. The van der Waals surface area contributed by atoms with Crippen LogP contribution in [0.15, 0.2) is 22.7 Å². The third-order valence-corrected chi connectivity index (χ3v) is 5.71. The number of halogens is 3. The molecule has 102 valence electrons. The van der Waals surface area contributed by atoms with Crippen molar-refractivity contribution in [2.24, 2.45) is 0 Å². The van der Waals surface area contributed by atoms with Gasteiger partial charge in [-0.1, -0.05) is 27.5 Å². The predicted octanol–water partition coefficient (Wildman–Crippen LogP) is 4.63. The fourth-order valence-electron chi connectivity index (χ4n) is 3.24. The summed E-state index contributed by atoms with van der Waals surface area (Å²) in [5.74, 6) is 0.135. The molecule has 1 amide bonds. The molecule has 2 unspecified atom stereocenters. The largest absolute Gasteiger partial charge is 0.333 e. The van der Waals surface area contributed by atoms with Gasteiger partial charge in [0.05, 0.1) is 5.56 Å². The highest BCUT2D eigenvalue weighted by atomic mass is 79.9. The Hall–Kier alpha value is -0.0600. The molecule has 0 N–H and O–H groups in total. The van der Waals surface area contributed by atoms with Gasteiger partial charge in [0.2, 0.25) is 0 Å². The molecule has 0 saturated carbocycles. The second kappa shape index (κ2) is 5.38. The van der Waals surface area contributed by atoms with Crippen molar-refractivity contribution in [3.63, 3.8) is 0 Å². The highest BCUT2D eigenvalue weighted by Crippen LogP contribution is 2.40. The molecular weight excluding hydrogens is 393 g/mol. The van der Waals surface area contributed by atoms with Gasteiger partial charge in [-0.3, -0.25) is 4.79 Å². The number of nitrogens with zero attached hydrogens (tertiary/aromatic N) is 1. The van der Waals surface area contributed by atoms with E-state index < -0.39 is 0 Å². The Bertz CT molecular complexity index is 508. The molecule has 2 heterocycles. The SMILES string of the molecule is O=C(c1ccc(Cl)cc1Br)N1C2CCC1CC(Br)C2. The van der Waals surface area contributed by atoms with Gasteiger partial charge in [-0.25, -0.2) is 0 Å². The molecule has 0 aromatic heterocycles. The number of alkyl halides is 1. The van der Waals surface area contributed by atoms with E-state index in [-0.39, 0.29) is 5.91 Å². The minimum atomic E-state index is 0.135. The van der Waals surface area contributed by atoms with Crippen LogP contribution in [0.5, 0.6) is 0 Å². The summed E-state index contributed by atoms with van der Waals surface area (Å²) in [5.41, 5.74) is 0.717. The topological polar surface area (TPSA) is 20.3 Å². The van der Waals surface area contributed by atoms with Crippen molar-refractivity contribution in [2.75, 3.05) is 0 Å². The first-order chi connectivity index (χ1) is 9.06. The molecule has 2 saturated heterocycles. The molecule has 2 aliphatic rings. The monoisotopic (exact) mass is 405 g/mol. The van der Waals surface area contributed by atoms with Crippen LogP contribution in [-0.4, -0.2) is 27.7 Å². The first-order valence-electron chi connectivity index (χ1n) is 6.48. The molecule has 2 aliphatic heterocycles. The Morgan fingerprint density at radius 2 is 1.89 bits per heavy atom. The maximum atomic E-state index is 12.7. The molecule has 2 bridgehead atoms. The summed E-state index contributed by atoms with van der Waals surface area (Å²) in [7, 11) is 0. The number of hydrogen-bond donors (Lipinski definition) is 0. The van der Waals surface area contributed by atoms with Crippen LogP contribution in [0.3, 0.4) is 0 Å². The number of amides is 1. The fraction of sp³-hybridized carbons (Fsp3) is 0.500. The van der Waals surface area contributed by atoms with Crippen LogP contribution < -0.4 is 0 Å². The lowest BCUT2D eigenvalue weighted by Gasteiger charge is -2.37. The van der Waals surface area contributed by atoms with Gasteiger partial charge in [-0.2, -0.15) is 0 Å². The zero-order valence-electron chi connectivity index (χ0n) is 10.3. The Balaban J connectivity index is 1.88.